The lowest BCUT2D eigenvalue weighted by atomic mass is 10.2. The summed E-state index contributed by atoms with van der Waals surface area (Å²) in [4.78, 5) is 12.0. The van der Waals surface area contributed by atoms with Crippen LogP contribution < -0.4 is 0 Å². The van der Waals surface area contributed by atoms with Crippen LogP contribution >= 0.6 is 11.8 Å². The lowest BCUT2D eigenvalue weighted by molar-refractivity contribution is -0.150. The van der Waals surface area contributed by atoms with E-state index in [1.165, 1.54) is 5.56 Å². The quantitative estimate of drug-likeness (QED) is 0.760. The average Bonchev–Trinajstić information content (AvgIpc) is 2.30. The van der Waals surface area contributed by atoms with Gasteiger partial charge in [0.25, 0.3) is 0 Å². The van der Waals surface area contributed by atoms with Gasteiger partial charge < -0.3 is 9.84 Å². The lowest BCUT2D eigenvalue weighted by Gasteiger charge is -2.11. The van der Waals surface area contributed by atoms with Crippen LogP contribution in [0, 0.1) is 6.92 Å². The molecule has 0 fully saturated rings. The van der Waals surface area contributed by atoms with Gasteiger partial charge in [-0.05, 0) is 32.4 Å². The van der Waals surface area contributed by atoms with Gasteiger partial charge in [-0.15, -0.1) is 11.8 Å². The molecule has 0 saturated heterocycles. The highest BCUT2D eigenvalue weighted by atomic mass is 32.2. The Morgan fingerprint density at radius 1 is 1.41 bits per heavy atom. The van der Waals surface area contributed by atoms with Crippen LogP contribution in [0.15, 0.2) is 29.2 Å². The number of carbonyl (C=O) groups is 1. The summed E-state index contributed by atoms with van der Waals surface area (Å²) in [6, 6.07) is 8.21. The molecule has 0 aliphatic heterocycles. The first-order chi connectivity index (χ1) is 8.13. The van der Waals surface area contributed by atoms with Crippen LogP contribution in [0.5, 0.6) is 0 Å². The molecule has 0 aromatic heterocycles. The maximum Gasteiger partial charge on any atom is 0.332 e. The molecule has 0 radical (unpaired) electrons. The Morgan fingerprint density at radius 3 is 2.59 bits per heavy atom. The molecular formula is C13H18O3S. The van der Waals surface area contributed by atoms with E-state index < -0.39 is 12.1 Å². The van der Waals surface area contributed by atoms with E-state index in [0.717, 1.165) is 10.6 Å². The molecule has 0 aliphatic carbocycles. The summed E-state index contributed by atoms with van der Waals surface area (Å²) < 4.78 is 5.15. The van der Waals surface area contributed by atoms with E-state index in [2.05, 4.69) is 24.3 Å². The van der Waals surface area contributed by atoms with Gasteiger partial charge in [-0.2, -0.15) is 0 Å². The normalized spacial score (nSPS) is 12.4. The predicted molar refractivity (Wildman–Crippen MR) is 69.6 cm³/mol. The summed E-state index contributed by atoms with van der Waals surface area (Å²) in [5.41, 5.74) is 1.23. The molecule has 1 N–H and O–H groups in total. The first-order valence-corrected chi connectivity index (χ1v) is 6.66. The maximum atomic E-state index is 10.8. The van der Waals surface area contributed by atoms with Crippen LogP contribution in [0.4, 0.5) is 0 Å². The van der Waals surface area contributed by atoms with E-state index in [1.54, 1.807) is 11.8 Å². The molecule has 94 valence electrons. The summed E-state index contributed by atoms with van der Waals surface area (Å²) in [5.74, 6) is -0.128. The summed E-state index contributed by atoms with van der Waals surface area (Å²) >= 11 is 1.66. The van der Waals surface area contributed by atoms with Crippen molar-refractivity contribution in [2.24, 2.45) is 0 Å². The largest absolute Gasteiger partial charge is 0.479 e. The van der Waals surface area contributed by atoms with Gasteiger partial charge in [-0.3, -0.25) is 0 Å². The van der Waals surface area contributed by atoms with E-state index >= 15 is 0 Å². The second-order valence-electron chi connectivity index (χ2n) is 3.73. The number of rotatable bonds is 7. The fraction of sp³-hybridized carbons (Fsp3) is 0.462. The second-order valence-corrected chi connectivity index (χ2v) is 4.90. The molecule has 0 heterocycles. The molecule has 1 unspecified atom stereocenters. The summed E-state index contributed by atoms with van der Waals surface area (Å²) in [7, 11) is 0. The van der Waals surface area contributed by atoms with Gasteiger partial charge >= 0.3 is 5.97 Å². The minimum Gasteiger partial charge on any atom is -0.479 e. The van der Waals surface area contributed by atoms with Crippen molar-refractivity contribution in [2.75, 3.05) is 12.4 Å². The molecule has 17 heavy (non-hydrogen) atoms. The van der Waals surface area contributed by atoms with Crippen molar-refractivity contribution in [3.8, 4) is 0 Å². The number of aryl methyl sites for hydroxylation is 1. The maximum absolute atomic E-state index is 10.8. The standard InChI is InChI=1S/C13H18O3S/c1-3-16-12(13(14)15)8-9-17-11-6-4-10(2)5-7-11/h4-7,12H,3,8-9H2,1-2H3,(H,14,15). The monoisotopic (exact) mass is 254 g/mol. The Labute approximate surface area is 106 Å². The van der Waals surface area contributed by atoms with E-state index in [9.17, 15) is 4.79 Å². The highest BCUT2D eigenvalue weighted by Gasteiger charge is 2.16. The third-order valence-corrected chi connectivity index (χ3v) is 3.36. The summed E-state index contributed by atoms with van der Waals surface area (Å²) in [5, 5.41) is 8.90. The molecule has 0 saturated carbocycles. The fourth-order valence-electron chi connectivity index (χ4n) is 1.40. The van der Waals surface area contributed by atoms with E-state index in [4.69, 9.17) is 9.84 Å². The van der Waals surface area contributed by atoms with Gasteiger partial charge in [0.05, 0.1) is 0 Å². The third kappa shape index (κ3) is 5.24. The number of ether oxygens (including phenoxy) is 1. The Bertz CT molecular complexity index is 348. The Morgan fingerprint density at radius 2 is 2.06 bits per heavy atom. The number of hydrogen-bond donors (Lipinski definition) is 1. The Balaban J connectivity index is 2.35. The zero-order valence-electron chi connectivity index (χ0n) is 10.2. The van der Waals surface area contributed by atoms with Crippen LogP contribution in [0.1, 0.15) is 18.9 Å². The van der Waals surface area contributed by atoms with Gasteiger partial charge in [0.1, 0.15) is 0 Å². The topological polar surface area (TPSA) is 46.5 Å². The molecule has 1 aromatic rings. The van der Waals surface area contributed by atoms with Crippen molar-refractivity contribution >= 4 is 17.7 Å². The van der Waals surface area contributed by atoms with Crippen molar-refractivity contribution in [3.05, 3.63) is 29.8 Å². The second kappa shape index (κ2) is 7.35. The lowest BCUT2D eigenvalue weighted by Crippen LogP contribution is -2.24. The SMILES string of the molecule is CCOC(CCSc1ccc(C)cc1)C(=O)O. The zero-order chi connectivity index (χ0) is 12.7. The Kier molecular flexibility index (Phi) is 6.08. The minimum atomic E-state index is -0.878. The smallest absolute Gasteiger partial charge is 0.332 e. The summed E-state index contributed by atoms with van der Waals surface area (Å²) in [6.45, 7) is 4.29. The number of thioether (sulfide) groups is 1. The molecule has 0 aliphatic rings. The molecule has 4 heteroatoms. The number of carboxylic acid groups (broad SMARTS) is 1. The van der Waals surface area contributed by atoms with Crippen LogP contribution in [0.25, 0.3) is 0 Å². The van der Waals surface area contributed by atoms with E-state index in [0.29, 0.717) is 13.0 Å². The molecule has 1 aromatic carbocycles. The minimum absolute atomic E-state index is 0.437. The highest BCUT2D eigenvalue weighted by Crippen LogP contribution is 2.20. The van der Waals surface area contributed by atoms with E-state index in [-0.39, 0.29) is 0 Å². The van der Waals surface area contributed by atoms with Crippen molar-refractivity contribution in [3.63, 3.8) is 0 Å². The summed E-state index contributed by atoms with van der Waals surface area (Å²) in [6.07, 6.45) is -0.153. The number of carboxylic acids is 1. The average molecular weight is 254 g/mol. The molecule has 0 bridgehead atoms. The number of aliphatic carboxylic acids is 1. The molecule has 3 nitrogen and oxygen atoms in total. The molecular weight excluding hydrogens is 236 g/mol. The number of hydrogen-bond acceptors (Lipinski definition) is 3. The zero-order valence-corrected chi connectivity index (χ0v) is 11.0. The van der Waals surface area contributed by atoms with Crippen molar-refractivity contribution in [1.29, 1.82) is 0 Å². The molecule has 1 atom stereocenters. The van der Waals surface area contributed by atoms with Crippen LogP contribution in [0.3, 0.4) is 0 Å². The number of benzene rings is 1. The van der Waals surface area contributed by atoms with Gasteiger partial charge in [0.2, 0.25) is 0 Å². The molecule has 1 rings (SSSR count). The van der Waals surface area contributed by atoms with Gasteiger partial charge in [0.15, 0.2) is 6.10 Å². The van der Waals surface area contributed by atoms with Crippen molar-refractivity contribution < 1.29 is 14.6 Å². The predicted octanol–water partition coefficient (Wildman–Crippen LogP) is 2.97. The van der Waals surface area contributed by atoms with Crippen LogP contribution in [-0.4, -0.2) is 29.5 Å². The van der Waals surface area contributed by atoms with Crippen LogP contribution in [0.2, 0.25) is 0 Å². The van der Waals surface area contributed by atoms with E-state index in [1.807, 2.05) is 13.8 Å². The first-order valence-electron chi connectivity index (χ1n) is 5.67. The Hall–Kier alpha value is -1.00. The van der Waals surface area contributed by atoms with Crippen LogP contribution in [-0.2, 0) is 9.53 Å². The fourth-order valence-corrected chi connectivity index (χ4v) is 2.29. The highest BCUT2D eigenvalue weighted by molar-refractivity contribution is 7.99. The molecule has 0 amide bonds. The first kappa shape index (κ1) is 14.1. The van der Waals surface area contributed by atoms with Gasteiger partial charge in [0, 0.05) is 17.3 Å². The van der Waals surface area contributed by atoms with Gasteiger partial charge in [-0.1, -0.05) is 17.7 Å². The molecule has 0 spiro atoms. The van der Waals surface area contributed by atoms with Crippen molar-refractivity contribution in [2.45, 2.75) is 31.3 Å². The third-order valence-electron chi connectivity index (χ3n) is 2.31. The van der Waals surface area contributed by atoms with Crippen molar-refractivity contribution in [1.82, 2.24) is 0 Å². The van der Waals surface area contributed by atoms with Gasteiger partial charge in [-0.25, -0.2) is 4.79 Å².